The van der Waals surface area contributed by atoms with E-state index in [1.165, 1.54) is 50.1 Å². The average Bonchev–Trinajstić information content (AvgIpc) is 2.78. The van der Waals surface area contributed by atoms with Crippen LogP contribution in [0.3, 0.4) is 0 Å². The Balaban J connectivity index is 1.71. The largest absolute Gasteiger partial charge is 0.272 e. The zero-order chi connectivity index (χ0) is 22.4. The molecule has 2 N–H and O–H groups in total. The molecule has 2 amide bonds. The fraction of sp³-hybridized carbons (Fsp3) is 0.0952. The predicted molar refractivity (Wildman–Crippen MR) is 117 cm³/mol. The SMILES string of the molecule is CN(C)S(=O)(=O)c1cccc(C(=O)NNC(=O)c2cccnc2Sc2ccccc2)c1. The predicted octanol–water partition coefficient (Wildman–Crippen LogP) is 2.56. The molecule has 0 aliphatic carbocycles. The summed E-state index contributed by atoms with van der Waals surface area (Å²) in [4.78, 5) is 30.2. The van der Waals surface area contributed by atoms with Gasteiger partial charge in [0.1, 0.15) is 5.03 Å². The van der Waals surface area contributed by atoms with Crippen LogP contribution in [0.2, 0.25) is 0 Å². The number of amides is 2. The zero-order valence-corrected chi connectivity index (χ0v) is 18.4. The molecule has 31 heavy (non-hydrogen) atoms. The third kappa shape index (κ3) is 5.48. The Bertz CT molecular complexity index is 1200. The molecule has 1 aromatic heterocycles. The molecular formula is C21H20N4O4S2. The quantitative estimate of drug-likeness (QED) is 0.552. The van der Waals surface area contributed by atoms with Gasteiger partial charge in [-0.25, -0.2) is 17.7 Å². The van der Waals surface area contributed by atoms with Crippen molar-refractivity contribution in [2.45, 2.75) is 14.8 Å². The summed E-state index contributed by atoms with van der Waals surface area (Å²) in [5, 5.41) is 0.486. The molecule has 3 aromatic rings. The highest BCUT2D eigenvalue weighted by atomic mass is 32.2. The first-order valence-electron chi connectivity index (χ1n) is 9.10. The van der Waals surface area contributed by atoms with Gasteiger partial charge in [0, 0.05) is 30.8 Å². The molecule has 0 radical (unpaired) electrons. The first kappa shape index (κ1) is 22.5. The number of hydrazine groups is 1. The van der Waals surface area contributed by atoms with Crippen LogP contribution in [0.15, 0.2) is 87.7 Å². The summed E-state index contributed by atoms with van der Waals surface area (Å²) in [6, 6.07) is 18.3. The monoisotopic (exact) mass is 456 g/mol. The van der Waals surface area contributed by atoms with Crippen LogP contribution in [0, 0.1) is 0 Å². The molecule has 10 heteroatoms. The van der Waals surface area contributed by atoms with Gasteiger partial charge >= 0.3 is 0 Å². The van der Waals surface area contributed by atoms with E-state index in [1.54, 1.807) is 18.3 Å². The van der Waals surface area contributed by atoms with Crippen molar-refractivity contribution in [2.75, 3.05) is 14.1 Å². The molecule has 0 unspecified atom stereocenters. The molecule has 0 fully saturated rings. The minimum absolute atomic E-state index is 0.0229. The second-order valence-electron chi connectivity index (χ2n) is 6.49. The van der Waals surface area contributed by atoms with Crippen LogP contribution in [0.4, 0.5) is 0 Å². The van der Waals surface area contributed by atoms with Crippen molar-refractivity contribution in [3.05, 3.63) is 84.1 Å². The molecule has 0 atom stereocenters. The van der Waals surface area contributed by atoms with E-state index < -0.39 is 21.8 Å². The van der Waals surface area contributed by atoms with Gasteiger partial charge in [-0.2, -0.15) is 0 Å². The summed E-state index contributed by atoms with van der Waals surface area (Å²) in [6.45, 7) is 0. The molecule has 0 bridgehead atoms. The van der Waals surface area contributed by atoms with Gasteiger partial charge in [0.25, 0.3) is 11.8 Å². The maximum Gasteiger partial charge on any atom is 0.272 e. The third-order valence-corrected chi connectivity index (χ3v) is 6.98. The van der Waals surface area contributed by atoms with Crippen molar-refractivity contribution < 1.29 is 18.0 Å². The van der Waals surface area contributed by atoms with Gasteiger partial charge in [-0.05, 0) is 42.5 Å². The second kappa shape index (κ2) is 9.73. The van der Waals surface area contributed by atoms with Crippen molar-refractivity contribution in [2.24, 2.45) is 0 Å². The van der Waals surface area contributed by atoms with E-state index in [-0.39, 0.29) is 10.5 Å². The molecule has 3 rings (SSSR count). The number of carbonyl (C=O) groups excluding carboxylic acids is 2. The van der Waals surface area contributed by atoms with E-state index in [0.717, 1.165) is 9.20 Å². The Morgan fingerprint density at radius 3 is 2.32 bits per heavy atom. The zero-order valence-electron chi connectivity index (χ0n) is 16.8. The molecule has 160 valence electrons. The van der Waals surface area contributed by atoms with E-state index >= 15 is 0 Å². The molecule has 0 spiro atoms. The van der Waals surface area contributed by atoms with Crippen molar-refractivity contribution in [1.82, 2.24) is 20.1 Å². The topological polar surface area (TPSA) is 108 Å². The lowest BCUT2D eigenvalue weighted by Crippen LogP contribution is -2.42. The Morgan fingerprint density at radius 2 is 1.61 bits per heavy atom. The summed E-state index contributed by atoms with van der Waals surface area (Å²) < 4.78 is 25.6. The van der Waals surface area contributed by atoms with E-state index in [4.69, 9.17) is 0 Å². The van der Waals surface area contributed by atoms with Crippen molar-refractivity contribution in [1.29, 1.82) is 0 Å². The summed E-state index contributed by atoms with van der Waals surface area (Å²) in [5.74, 6) is -1.19. The highest BCUT2D eigenvalue weighted by molar-refractivity contribution is 7.99. The lowest BCUT2D eigenvalue weighted by atomic mass is 10.2. The first-order chi connectivity index (χ1) is 14.8. The Kier molecular flexibility index (Phi) is 7.06. The highest BCUT2D eigenvalue weighted by Gasteiger charge is 2.19. The molecule has 0 saturated carbocycles. The van der Waals surface area contributed by atoms with Gasteiger partial charge in [0.2, 0.25) is 10.0 Å². The van der Waals surface area contributed by atoms with E-state index in [9.17, 15) is 18.0 Å². The molecule has 8 nitrogen and oxygen atoms in total. The summed E-state index contributed by atoms with van der Waals surface area (Å²) >= 11 is 1.32. The number of hydrogen-bond donors (Lipinski definition) is 2. The number of nitrogens with one attached hydrogen (secondary N) is 2. The van der Waals surface area contributed by atoms with E-state index in [1.807, 2.05) is 30.3 Å². The number of nitrogens with zero attached hydrogens (tertiary/aromatic N) is 2. The third-order valence-electron chi connectivity index (χ3n) is 4.14. The molecule has 0 aliphatic heterocycles. The molecule has 1 heterocycles. The Hall–Kier alpha value is -3.21. The Labute approximate surface area is 184 Å². The van der Waals surface area contributed by atoms with Gasteiger partial charge in [-0.15, -0.1) is 0 Å². The standard InChI is InChI=1S/C21H20N4O4S2/c1-25(2)31(28,29)17-11-6-8-15(14-17)19(26)23-24-20(27)18-12-7-13-22-21(18)30-16-9-4-3-5-10-16/h3-14H,1-2H3,(H,23,26)(H,24,27). The van der Waals surface area contributed by atoms with Crippen molar-refractivity contribution in [3.8, 4) is 0 Å². The summed E-state index contributed by atoms with van der Waals surface area (Å²) in [7, 11) is -0.880. The Morgan fingerprint density at radius 1 is 0.903 bits per heavy atom. The molecule has 0 saturated heterocycles. The van der Waals surface area contributed by atoms with Gasteiger partial charge in [-0.3, -0.25) is 20.4 Å². The van der Waals surface area contributed by atoms with Crippen LogP contribution < -0.4 is 10.9 Å². The number of carbonyl (C=O) groups is 2. The number of sulfonamides is 1. The van der Waals surface area contributed by atoms with Crippen LogP contribution in [0.1, 0.15) is 20.7 Å². The first-order valence-corrected chi connectivity index (χ1v) is 11.4. The van der Waals surface area contributed by atoms with Crippen molar-refractivity contribution >= 4 is 33.6 Å². The number of benzene rings is 2. The minimum Gasteiger partial charge on any atom is -0.267 e. The smallest absolute Gasteiger partial charge is 0.267 e. The number of rotatable bonds is 6. The fourth-order valence-electron chi connectivity index (χ4n) is 2.51. The van der Waals surface area contributed by atoms with Crippen LogP contribution in [0.5, 0.6) is 0 Å². The number of aromatic nitrogens is 1. The van der Waals surface area contributed by atoms with Gasteiger partial charge < -0.3 is 0 Å². The summed E-state index contributed by atoms with van der Waals surface area (Å²) in [5.41, 5.74) is 5.05. The lowest BCUT2D eigenvalue weighted by molar-refractivity contribution is 0.0844. The summed E-state index contributed by atoms with van der Waals surface area (Å²) in [6.07, 6.45) is 1.58. The lowest BCUT2D eigenvalue weighted by Gasteiger charge is -2.13. The average molecular weight is 457 g/mol. The van der Waals surface area contributed by atoms with E-state index in [2.05, 4.69) is 15.8 Å². The maximum atomic E-state index is 12.6. The second-order valence-corrected chi connectivity index (χ2v) is 9.71. The molecule has 2 aromatic carbocycles. The van der Waals surface area contributed by atoms with Crippen molar-refractivity contribution in [3.63, 3.8) is 0 Å². The normalized spacial score (nSPS) is 11.2. The van der Waals surface area contributed by atoms with Crippen LogP contribution >= 0.6 is 11.8 Å². The maximum absolute atomic E-state index is 12.6. The van der Waals surface area contributed by atoms with Crippen LogP contribution in [-0.2, 0) is 10.0 Å². The van der Waals surface area contributed by atoms with Crippen LogP contribution in [-0.4, -0.2) is 43.6 Å². The fourth-order valence-corrected chi connectivity index (χ4v) is 4.36. The van der Waals surface area contributed by atoms with Crippen LogP contribution in [0.25, 0.3) is 0 Å². The highest BCUT2D eigenvalue weighted by Crippen LogP contribution is 2.28. The number of hydrogen-bond acceptors (Lipinski definition) is 6. The molecular weight excluding hydrogens is 436 g/mol. The van der Waals surface area contributed by atoms with Gasteiger partial charge in [-0.1, -0.05) is 36.0 Å². The van der Waals surface area contributed by atoms with Gasteiger partial charge in [0.15, 0.2) is 0 Å². The van der Waals surface area contributed by atoms with E-state index in [0.29, 0.717) is 10.6 Å². The van der Waals surface area contributed by atoms with Gasteiger partial charge in [0.05, 0.1) is 10.5 Å². The molecule has 0 aliphatic rings. The number of pyridine rings is 1. The minimum atomic E-state index is -3.69.